The Morgan fingerprint density at radius 1 is 1.30 bits per heavy atom. The predicted molar refractivity (Wildman–Crippen MR) is 76.6 cm³/mol. The number of rotatable bonds is 6. The SMILES string of the molecule is CCCNc1nc(OCC)nc(-n2cc(Cl)c(C)n2)n1. The van der Waals surface area contributed by atoms with Gasteiger partial charge in [0.25, 0.3) is 5.95 Å². The van der Waals surface area contributed by atoms with E-state index in [1.807, 2.05) is 13.8 Å². The highest BCUT2D eigenvalue weighted by molar-refractivity contribution is 6.31. The Labute approximate surface area is 122 Å². The summed E-state index contributed by atoms with van der Waals surface area (Å²) in [5.41, 5.74) is 0.716. The van der Waals surface area contributed by atoms with E-state index in [1.54, 1.807) is 6.20 Å². The van der Waals surface area contributed by atoms with E-state index in [9.17, 15) is 0 Å². The van der Waals surface area contributed by atoms with Crippen LogP contribution < -0.4 is 10.1 Å². The second-order valence-corrected chi connectivity index (χ2v) is 4.52. The van der Waals surface area contributed by atoms with Crippen LogP contribution in [-0.4, -0.2) is 37.9 Å². The highest BCUT2D eigenvalue weighted by Crippen LogP contribution is 2.16. The van der Waals surface area contributed by atoms with Crippen LogP contribution in [0.4, 0.5) is 5.95 Å². The van der Waals surface area contributed by atoms with Crippen LogP contribution in [0.5, 0.6) is 6.01 Å². The molecule has 0 aliphatic rings. The number of nitrogens with one attached hydrogen (secondary N) is 1. The molecule has 0 aromatic carbocycles. The van der Waals surface area contributed by atoms with Gasteiger partial charge in [-0.05, 0) is 20.3 Å². The molecular formula is C12H17ClN6O. The number of anilines is 1. The fraction of sp³-hybridized carbons (Fsp3) is 0.500. The molecule has 108 valence electrons. The van der Waals surface area contributed by atoms with Gasteiger partial charge in [-0.15, -0.1) is 0 Å². The van der Waals surface area contributed by atoms with E-state index in [0.29, 0.717) is 29.2 Å². The normalized spacial score (nSPS) is 10.6. The molecule has 0 bridgehead atoms. The van der Waals surface area contributed by atoms with Crippen molar-refractivity contribution in [1.29, 1.82) is 0 Å². The summed E-state index contributed by atoms with van der Waals surface area (Å²) in [5.74, 6) is 0.835. The number of hydrogen-bond acceptors (Lipinski definition) is 6. The summed E-state index contributed by atoms with van der Waals surface area (Å²) in [4.78, 5) is 12.7. The van der Waals surface area contributed by atoms with Gasteiger partial charge < -0.3 is 10.1 Å². The Hall–Kier alpha value is -1.89. The molecule has 0 atom stereocenters. The highest BCUT2D eigenvalue weighted by Gasteiger charge is 2.11. The number of aromatic nitrogens is 5. The van der Waals surface area contributed by atoms with Gasteiger partial charge in [0.1, 0.15) is 0 Å². The average molecular weight is 297 g/mol. The zero-order valence-electron chi connectivity index (χ0n) is 11.7. The summed E-state index contributed by atoms with van der Waals surface area (Å²) in [7, 11) is 0. The molecule has 8 heteroatoms. The molecule has 0 aliphatic carbocycles. The second kappa shape index (κ2) is 6.51. The average Bonchev–Trinajstić information content (AvgIpc) is 2.77. The summed E-state index contributed by atoms with van der Waals surface area (Å²) >= 11 is 6.00. The third kappa shape index (κ3) is 3.36. The first-order valence-corrected chi connectivity index (χ1v) is 6.86. The maximum Gasteiger partial charge on any atom is 0.323 e. The van der Waals surface area contributed by atoms with Gasteiger partial charge in [0.05, 0.1) is 23.5 Å². The van der Waals surface area contributed by atoms with Crippen molar-refractivity contribution in [2.75, 3.05) is 18.5 Å². The molecule has 2 rings (SSSR count). The zero-order valence-corrected chi connectivity index (χ0v) is 12.5. The summed E-state index contributed by atoms with van der Waals surface area (Å²) in [6.45, 7) is 7.01. The fourth-order valence-electron chi connectivity index (χ4n) is 1.50. The standard InChI is InChI=1S/C12H17ClN6O/c1-4-6-14-10-15-11(17-12(16-10)20-5-2)19-7-9(13)8(3)18-19/h7H,4-6H2,1-3H3,(H,14,15,16,17). The van der Waals surface area contributed by atoms with Crippen molar-refractivity contribution in [3.8, 4) is 12.0 Å². The monoisotopic (exact) mass is 296 g/mol. The number of ether oxygens (including phenoxy) is 1. The van der Waals surface area contributed by atoms with Crippen molar-refractivity contribution >= 4 is 17.5 Å². The van der Waals surface area contributed by atoms with E-state index in [-0.39, 0.29) is 6.01 Å². The highest BCUT2D eigenvalue weighted by atomic mass is 35.5. The third-order valence-corrected chi connectivity index (χ3v) is 2.82. The van der Waals surface area contributed by atoms with E-state index in [4.69, 9.17) is 16.3 Å². The van der Waals surface area contributed by atoms with Crippen molar-refractivity contribution in [3.63, 3.8) is 0 Å². The van der Waals surface area contributed by atoms with Gasteiger partial charge in [-0.1, -0.05) is 18.5 Å². The minimum absolute atomic E-state index is 0.264. The lowest BCUT2D eigenvalue weighted by Crippen LogP contribution is -2.11. The van der Waals surface area contributed by atoms with Crippen LogP contribution >= 0.6 is 11.6 Å². The van der Waals surface area contributed by atoms with Gasteiger partial charge in [-0.3, -0.25) is 0 Å². The van der Waals surface area contributed by atoms with E-state index >= 15 is 0 Å². The first-order chi connectivity index (χ1) is 9.63. The maximum absolute atomic E-state index is 6.00. The Bertz CT molecular complexity index is 566. The Morgan fingerprint density at radius 2 is 2.10 bits per heavy atom. The van der Waals surface area contributed by atoms with Gasteiger partial charge in [-0.2, -0.15) is 20.1 Å². The second-order valence-electron chi connectivity index (χ2n) is 4.11. The van der Waals surface area contributed by atoms with Gasteiger partial charge in [0.15, 0.2) is 0 Å². The molecular weight excluding hydrogens is 280 g/mol. The number of halogens is 1. The van der Waals surface area contributed by atoms with Crippen molar-refractivity contribution < 1.29 is 4.74 Å². The summed E-state index contributed by atoms with van der Waals surface area (Å²) in [6, 6.07) is 0.264. The van der Waals surface area contributed by atoms with Crippen LogP contribution in [0.3, 0.4) is 0 Å². The molecule has 0 radical (unpaired) electrons. The van der Waals surface area contributed by atoms with Crippen LogP contribution in [0.1, 0.15) is 26.0 Å². The fourth-order valence-corrected chi connectivity index (χ4v) is 1.63. The summed E-state index contributed by atoms with van der Waals surface area (Å²) in [6.07, 6.45) is 2.63. The van der Waals surface area contributed by atoms with Gasteiger partial charge >= 0.3 is 6.01 Å². The van der Waals surface area contributed by atoms with E-state index in [0.717, 1.165) is 13.0 Å². The Balaban J connectivity index is 2.37. The van der Waals surface area contributed by atoms with Crippen LogP contribution in [0.25, 0.3) is 5.95 Å². The molecule has 0 fully saturated rings. The molecule has 0 unspecified atom stereocenters. The Morgan fingerprint density at radius 3 is 2.70 bits per heavy atom. The van der Waals surface area contributed by atoms with Crippen LogP contribution in [0.2, 0.25) is 5.02 Å². The van der Waals surface area contributed by atoms with Gasteiger partial charge in [-0.25, -0.2) is 4.68 Å². The number of hydrogen-bond donors (Lipinski definition) is 1. The van der Waals surface area contributed by atoms with Gasteiger partial charge in [0.2, 0.25) is 5.95 Å². The molecule has 20 heavy (non-hydrogen) atoms. The molecule has 2 heterocycles. The molecule has 0 saturated heterocycles. The lowest BCUT2D eigenvalue weighted by molar-refractivity contribution is 0.311. The first-order valence-electron chi connectivity index (χ1n) is 6.49. The molecule has 2 aromatic heterocycles. The van der Waals surface area contributed by atoms with Crippen molar-refractivity contribution in [1.82, 2.24) is 24.7 Å². The van der Waals surface area contributed by atoms with Crippen molar-refractivity contribution in [3.05, 3.63) is 16.9 Å². The minimum atomic E-state index is 0.264. The van der Waals surface area contributed by atoms with Crippen molar-refractivity contribution in [2.45, 2.75) is 27.2 Å². The number of nitrogens with zero attached hydrogens (tertiary/aromatic N) is 5. The predicted octanol–water partition coefficient (Wildman–Crippen LogP) is 2.24. The quantitative estimate of drug-likeness (QED) is 0.881. The van der Waals surface area contributed by atoms with Crippen LogP contribution in [-0.2, 0) is 0 Å². The Kier molecular flexibility index (Phi) is 4.73. The molecule has 0 amide bonds. The van der Waals surface area contributed by atoms with Crippen molar-refractivity contribution in [2.24, 2.45) is 0 Å². The minimum Gasteiger partial charge on any atom is -0.464 e. The van der Waals surface area contributed by atoms with E-state index in [1.165, 1.54) is 4.68 Å². The smallest absolute Gasteiger partial charge is 0.323 e. The van der Waals surface area contributed by atoms with Crippen LogP contribution in [0.15, 0.2) is 6.20 Å². The molecule has 1 N–H and O–H groups in total. The maximum atomic E-state index is 6.00. The zero-order chi connectivity index (χ0) is 14.5. The largest absolute Gasteiger partial charge is 0.464 e. The van der Waals surface area contributed by atoms with Crippen LogP contribution in [0, 0.1) is 6.92 Å². The first kappa shape index (κ1) is 14.5. The summed E-state index contributed by atoms with van der Waals surface area (Å²) < 4.78 is 6.86. The number of aryl methyl sites for hydroxylation is 1. The lowest BCUT2D eigenvalue weighted by Gasteiger charge is -2.08. The molecule has 7 nitrogen and oxygen atoms in total. The van der Waals surface area contributed by atoms with Gasteiger partial charge in [0, 0.05) is 6.54 Å². The molecule has 0 saturated carbocycles. The molecule has 0 aliphatic heterocycles. The third-order valence-electron chi connectivity index (χ3n) is 2.45. The summed E-state index contributed by atoms with van der Waals surface area (Å²) in [5, 5.41) is 7.92. The topological polar surface area (TPSA) is 77.8 Å². The van der Waals surface area contributed by atoms with E-state index in [2.05, 4.69) is 32.3 Å². The van der Waals surface area contributed by atoms with E-state index < -0.39 is 0 Å². The molecule has 2 aromatic rings. The molecule has 0 spiro atoms. The lowest BCUT2D eigenvalue weighted by atomic mass is 10.5.